The molecule has 0 aliphatic carbocycles. The van der Waals surface area contributed by atoms with Crippen molar-refractivity contribution in [1.29, 1.82) is 0 Å². The van der Waals surface area contributed by atoms with Crippen molar-refractivity contribution in [3.05, 3.63) is 0 Å². The molecule has 0 fully saturated rings. The first-order valence-corrected chi connectivity index (χ1v) is 5.60. The zero-order valence-corrected chi connectivity index (χ0v) is 8.63. The Morgan fingerprint density at radius 1 is 0.500 bits per heavy atom. The Bertz CT molecular complexity index is 143. The fraction of sp³-hybridized carbons (Fsp3) is 1.00. The molecule has 0 aliphatic rings. The van der Waals surface area contributed by atoms with Gasteiger partial charge in [0.25, 0.3) is 0 Å². The molecule has 0 aromatic rings. The molecule has 0 aromatic carbocycles. The molecule has 0 radical (unpaired) electrons. The van der Waals surface area contributed by atoms with Gasteiger partial charge in [-0.15, -0.1) is 0 Å². The van der Waals surface area contributed by atoms with Crippen molar-refractivity contribution in [1.82, 2.24) is 0 Å². The molecule has 0 nitrogen and oxygen atoms in total. The van der Waals surface area contributed by atoms with E-state index in [1.165, 1.54) is 0 Å². The van der Waals surface area contributed by atoms with Crippen LogP contribution in [0, 0.1) is 0 Å². The third-order valence-electron chi connectivity index (χ3n) is 0.850. The minimum absolute atomic E-state index is 0. The molecule has 0 atom stereocenters. The number of halogens is 10. The average Bonchev–Trinajstić information content (AvgIpc) is 1.44. The van der Waals surface area contributed by atoms with Gasteiger partial charge in [0.1, 0.15) is 0 Å². The third-order valence-corrected chi connectivity index (χ3v) is 4.42. The average molecular weight is 315 g/mol. The Hall–Kier alpha value is 0.203. The van der Waals surface area contributed by atoms with E-state index in [0.29, 0.717) is 0 Å². The van der Waals surface area contributed by atoms with E-state index in [1.54, 1.807) is 0 Å². The van der Waals surface area contributed by atoms with Gasteiger partial charge in [-0.25, -0.2) is 0 Å². The number of rotatable bonds is 0. The van der Waals surface area contributed by atoms with Gasteiger partial charge in [0, 0.05) is 0 Å². The first kappa shape index (κ1) is 16.6. The normalized spacial score (nSPS) is 13.5. The summed E-state index contributed by atoms with van der Waals surface area (Å²) in [5.74, 6) is 0. The molecule has 0 heterocycles. The third kappa shape index (κ3) is 4.62. The zero-order chi connectivity index (χ0) is 11.1. The summed E-state index contributed by atoms with van der Waals surface area (Å²) in [6.07, 6.45) is 0. The maximum Gasteiger partial charge on any atom is -1.00 e. The summed E-state index contributed by atoms with van der Waals surface area (Å²) in [7, 11) is 0. The van der Waals surface area contributed by atoms with Gasteiger partial charge in [0.2, 0.25) is 0 Å². The summed E-state index contributed by atoms with van der Waals surface area (Å²) in [5, 5.41) is -18.6. The summed E-state index contributed by atoms with van der Waals surface area (Å²) in [5.41, 5.74) is 0. The van der Waals surface area contributed by atoms with Crippen molar-refractivity contribution in [2.24, 2.45) is 0 Å². The van der Waals surface area contributed by atoms with Crippen molar-refractivity contribution >= 4 is 14.3 Å². The van der Waals surface area contributed by atoms with Crippen molar-refractivity contribution in [3.8, 4) is 0 Å². The summed E-state index contributed by atoms with van der Waals surface area (Å²) in [4.78, 5) is 0. The Morgan fingerprint density at radius 3 is 0.643 bits per heavy atom. The molecule has 0 saturated carbocycles. The smallest absolute Gasteiger partial charge is 1.00 e. The maximum absolute atomic E-state index is 11.3. The van der Waals surface area contributed by atoms with E-state index in [1.807, 2.05) is 0 Å². The second kappa shape index (κ2) is 4.37. The number of hydrogen-bond donors (Lipinski definition) is 0. The molecule has 11 heteroatoms. The summed E-state index contributed by atoms with van der Waals surface area (Å²) >= 11 is -7.10. The van der Waals surface area contributed by atoms with Gasteiger partial charge < -0.3 is 12.4 Å². The standard InChI is InChI=1S/C3F9Ge.ClH/c4-1(5,6)13(2(7,8)9)3(10,11)12;/h;1H/q+1;/p-1. The molecular weight excluding hydrogens is 315 g/mol. The van der Waals surface area contributed by atoms with Gasteiger partial charge in [0.05, 0.1) is 0 Å². The molecular formula is C3ClF9Ge. The van der Waals surface area contributed by atoms with Gasteiger partial charge in [-0.2, -0.15) is 0 Å². The van der Waals surface area contributed by atoms with Gasteiger partial charge in [0.15, 0.2) is 0 Å². The van der Waals surface area contributed by atoms with Crippen LogP contribution in [0.2, 0.25) is 0 Å². The van der Waals surface area contributed by atoms with Crippen LogP contribution in [0.25, 0.3) is 0 Å². The fourth-order valence-corrected chi connectivity index (χ4v) is 2.51. The monoisotopic (exact) mass is 316 g/mol. The molecule has 0 aromatic heterocycles. The van der Waals surface area contributed by atoms with Crippen LogP contribution in [0.3, 0.4) is 0 Å². The molecule has 86 valence electrons. The molecule has 14 heavy (non-hydrogen) atoms. The van der Waals surface area contributed by atoms with Crippen molar-refractivity contribution in [3.63, 3.8) is 0 Å². The van der Waals surface area contributed by atoms with E-state index in [-0.39, 0.29) is 12.4 Å². The second-order valence-electron chi connectivity index (χ2n) is 1.87. The summed E-state index contributed by atoms with van der Waals surface area (Å²) < 4.78 is 102. The van der Waals surface area contributed by atoms with Gasteiger partial charge >= 0.3 is 68.9 Å². The second-order valence-corrected chi connectivity index (χ2v) is 7.01. The molecule has 0 saturated heterocycles. The SMILES string of the molecule is F[C](F)(F)[Ge+]([C](F)(F)F)[C](F)(F)F.[Cl-]. The van der Waals surface area contributed by atoms with Crippen LogP contribution in [0.1, 0.15) is 0 Å². The van der Waals surface area contributed by atoms with Crippen LogP contribution in [0.15, 0.2) is 0 Å². The van der Waals surface area contributed by atoms with Crippen LogP contribution in [-0.4, -0.2) is 29.4 Å². The molecule has 0 unspecified atom stereocenters. The number of alkyl halides is 9. The van der Waals surface area contributed by atoms with E-state index >= 15 is 0 Å². The Morgan fingerprint density at radius 2 is 0.643 bits per heavy atom. The first-order valence-electron chi connectivity index (χ1n) is 2.45. The van der Waals surface area contributed by atoms with E-state index in [4.69, 9.17) is 0 Å². The number of hydrogen-bond acceptors (Lipinski definition) is 0. The predicted molar refractivity (Wildman–Crippen MR) is 23.9 cm³/mol. The molecule has 0 amide bonds. The van der Waals surface area contributed by atoms with Gasteiger partial charge in [-0.05, 0) is 0 Å². The van der Waals surface area contributed by atoms with Crippen LogP contribution < -0.4 is 12.4 Å². The Balaban J connectivity index is 0. The minimum atomic E-state index is -7.10. The maximum atomic E-state index is 11.3. The van der Waals surface area contributed by atoms with Crippen LogP contribution >= 0.6 is 0 Å². The van der Waals surface area contributed by atoms with Crippen LogP contribution in [0.5, 0.6) is 0 Å². The van der Waals surface area contributed by atoms with E-state index in [0.717, 1.165) is 0 Å². The van der Waals surface area contributed by atoms with Crippen molar-refractivity contribution in [2.75, 3.05) is 0 Å². The Kier molecular flexibility index (Phi) is 5.19. The molecule has 0 rings (SSSR count). The minimum Gasteiger partial charge on any atom is -1.00 e. The predicted octanol–water partition coefficient (Wildman–Crippen LogP) is -0.210. The summed E-state index contributed by atoms with van der Waals surface area (Å²) in [6.45, 7) is 0. The molecule has 0 bridgehead atoms. The fourth-order valence-electron chi connectivity index (χ4n) is 0.482. The van der Waals surface area contributed by atoms with Gasteiger partial charge in [-0.3, -0.25) is 0 Å². The van der Waals surface area contributed by atoms with Crippen LogP contribution in [0.4, 0.5) is 39.5 Å². The summed E-state index contributed by atoms with van der Waals surface area (Å²) in [6, 6.07) is 0. The van der Waals surface area contributed by atoms with E-state index in [9.17, 15) is 39.5 Å². The quantitative estimate of drug-likeness (QED) is 0.429. The van der Waals surface area contributed by atoms with Crippen molar-refractivity contribution in [2.45, 2.75) is 15.0 Å². The molecule has 0 N–H and O–H groups in total. The largest absolute Gasteiger partial charge is 1.00 e. The van der Waals surface area contributed by atoms with E-state index < -0.39 is 29.4 Å². The molecule has 0 aliphatic heterocycles. The Labute approximate surface area is 82.0 Å². The van der Waals surface area contributed by atoms with E-state index in [2.05, 4.69) is 0 Å². The first-order chi connectivity index (χ1) is 5.37. The topological polar surface area (TPSA) is 0 Å². The van der Waals surface area contributed by atoms with Crippen molar-refractivity contribution < 1.29 is 51.9 Å². The molecule has 0 spiro atoms. The zero-order valence-electron chi connectivity index (χ0n) is 5.78. The van der Waals surface area contributed by atoms with Crippen LogP contribution in [-0.2, 0) is 0 Å². The van der Waals surface area contributed by atoms with Gasteiger partial charge in [-0.1, -0.05) is 0 Å².